The number of fused-ring (bicyclic) bond motifs is 1. The Balaban J connectivity index is 0.00000384. The topological polar surface area (TPSA) is 45.1 Å². The van der Waals surface area contributed by atoms with Gasteiger partial charge in [0.05, 0.1) is 0 Å². The zero-order chi connectivity index (χ0) is 31.7. The number of allylic oxidation sites excluding steroid dienone is 3. The zero-order valence-corrected chi connectivity index (χ0v) is 33.1. The molecule has 4 heteroatoms. The summed E-state index contributed by atoms with van der Waals surface area (Å²) in [5.41, 5.74) is 5.56. The molecule has 2 fully saturated rings. The van der Waals surface area contributed by atoms with Crippen molar-refractivity contribution >= 4 is 10.9 Å². The van der Waals surface area contributed by atoms with Crippen LogP contribution in [-0.4, -0.2) is 16.6 Å². The standard InChI is InChI=1S/C42H62N2O.CH3.Zn/c1-4-7-8-9-10-11-14-21-37-30-33(28-35(37)5-2)19-17-20-34-29-36(6-3)38(31-34)22-15-12-13-16-26-43-32-39-24-25-41(45)42-40(39)23-18-27-44-42;;/h5-6,18-20,23-25,27,33-38,43,45H,2-4,7-16,21-22,26,28-32H2,1H3;1H3;/q;-1;. The number of nitrogens with zero attached hydrogens (tertiary/aromatic N) is 1. The summed E-state index contributed by atoms with van der Waals surface area (Å²) in [6.07, 6.45) is 33.8. The van der Waals surface area contributed by atoms with Gasteiger partial charge < -0.3 is 17.8 Å². The molecule has 3 nitrogen and oxygen atoms in total. The number of aromatic nitrogens is 1. The Morgan fingerprint density at radius 3 is 1.98 bits per heavy atom. The van der Waals surface area contributed by atoms with Gasteiger partial charge in [-0.2, -0.15) is 0 Å². The van der Waals surface area contributed by atoms with Gasteiger partial charge in [-0.1, -0.05) is 95.4 Å². The van der Waals surface area contributed by atoms with E-state index in [0.717, 1.165) is 30.3 Å². The van der Waals surface area contributed by atoms with Crippen molar-refractivity contribution in [1.29, 1.82) is 0 Å². The fourth-order valence-electron chi connectivity index (χ4n) is 8.21. The van der Waals surface area contributed by atoms with Crippen LogP contribution in [0.25, 0.3) is 10.9 Å². The van der Waals surface area contributed by atoms with Crippen LogP contribution in [0.15, 0.2) is 73.7 Å². The molecular formula is C43H65N2OZn-. The fraction of sp³-hybridized carbons (Fsp3) is 0.605. The molecule has 256 valence electrons. The molecule has 2 aliphatic carbocycles. The van der Waals surface area contributed by atoms with E-state index in [-0.39, 0.29) is 32.7 Å². The normalized spacial score (nSPS) is 23.4. The molecule has 0 bridgehead atoms. The molecule has 0 saturated heterocycles. The number of rotatable bonds is 21. The number of pyridine rings is 1. The second-order valence-corrected chi connectivity index (χ2v) is 14.2. The van der Waals surface area contributed by atoms with E-state index < -0.39 is 0 Å². The van der Waals surface area contributed by atoms with Gasteiger partial charge in [-0.25, -0.2) is 0 Å². The molecule has 6 unspecified atom stereocenters. The average Bonchev–Trinajstić information content (AvgIpc) is 3.65. The van der Waals surface area contributed by atoms with E-state index in [2.05, 4.69) is 60.4 Å². The largest absolute Gasteiger partial charge is 0.506 e. The number of phenols is 1. The van der Waals surface area contributed by atoms with Crippen LogP contribution in [0.4, 0.5) is 0 Å². The predicted molar refractivity (Wildman–Crippen MR) is 200 cm³/mol. The van der Waals surface area contributed by atoms with Crippen molar-refractivity contribution in [2.75, 3.05) is 6.54 Å². The van der Waals surface area contributed by atoms with Crippen LogP contribution in [0, 0.1) is 42.9 Å². The van der Waals surface area contributed by atoms with E-state index >= 15 is 0 Å². The monoisotopic (exact) mass is 689 g/mol. The Labute approximate surface area is 301 Å². The molecule has 0 radical (unpaired) electrons. The molecule has 6 atom stereocenters. The van der Waals surface area contributed by atoms with E-state index in [1.54, 1.807) is 12.3 Å². The average molecular weight is 691 g/mol. The maximum absolute atomic E-state index is 10.1. The zero-order valence-electron chi connectivity index (χ0n) is 30.1. The molecule has 47 heavy (non-hydrogen) atoms. The number of phenolic OH excluding ortho intramolecular Hbond substituents is 1. The summed E-state index contributed by atoms with van der Waals surface area (Å²) in [7, 11) is 0. The molecule has 2 aromatic rings. The van der Waals surface area contributed by atoms with Gasteiger partial charge in [-0.05, 0) is 117 Å². The molecule has 2 aliphatic rings. The maximum Gasteiger partial charge on any atom is 0.141 e. The first kappa shape index (κ1) is 41.2. The van der Waals surface area contributed by atoms with Crippen LogP contribution in [0.3, 0.4) is 0 Å². The molecule has 1 heterocycles. The summed E-state index contributed by atoms with van der Waals surface area (Å²) < 4.78 is 0. The first-order valence-electron chi connectivity index (χ1n) is 18.6. The van der Waals surface area contributed by atoms with Crippen molar-refractivity contribution < 1.29 is 24.6 Å². The predicted octanol–water partition coefficient (Wildman–Crippen LogP) is 11.9. The first-order valence-corrected chi connectivity index (χ1v) is 18.6. The molecule has 0 aliphatic heterocycles. The number of hydrogen-bond donors (Lipinski definition) is 2. The van der Waals surface area contributed by atoms with Gasteiger partial charge in [-0.3, -0.25) is 4.98 Å². The van der Waals surface area contributed by atoms with Crippen LogP contribution in [0.1, 0.15) is 122 Å². The van der Waals surface area contributed by atoms with Gasteiger partial charge in [0.1, 0.15) is 11.3 Å². The van der Waals surface area contributed by atoms with Crippen molar-refractivity contribution in [2.24, 2.45) is 35.5 Å². The summed E-state index contributed by atoms with van der Waals surface area (Å²) in [6, 6.07) is 7.73. The van der Waals surface area contributed by atoms with Crippen molar-refractivity contribution in [3.8, 4) is 5.75 Å². The van der Waals surface area contributed by atoms with Crippen LogP contribution < -0.4 is 5.32 Å². The third kappa shape index (κ3) is 13.4. The second kappa shape index (κ2) is 23.4. The number of aromatic hydroxyl groups is 1. The summed E-state index contributed by atoms with van der Waals surface area (Å²) in [5, 5.41) is 14.7. The van der Waals surface area contributed by atoms with Gasteiger partial charge in [0.2, 0.25) is 0 Å². The van der Waals surface area contributed by atoms with Gasteiger partial charge >= 0.3 is 0 Å². The number of benzene rings is 1. The summed E-state index contributed by atoms with van der Waals surface area (Å²) in [4.78, 5) is 4.33. The van der Waals surface area contributed by atoms with Gasteiger partial charge in [0.25, 0.3) is 0 Å². The molecule has 2 saturated carbocycles. The number of nitrogens with one attached hydrogen (secondary N) is 1. The minimum Gasteiger partial charge on any atom is -0.506 e. The van der Waals surface area contributed by atoms with E-state index in [4.69, 9.17) is 0 Å². The summed E-state index contributed by atoms with van der Waals surface area (Å²) in [5.74, 6) is 4.55. The quantitative estimate of drug-likeness (QED) is 0.0450. The Morgan fingerprint density at radius 1 is 0.809 bits per heavy atom. The smallest absolute Gasteiger partial charge is 0.141 e. The second-order valence-electron chi connectivity index (χ2n) is 14.2. The van der Waals surface area contributed by atoms with Crippen LogP contribution in [0.5, 0.6) is 5.75 Å². The molecule has 2 N–H and O–H groups in total. The SMILES string of the molecule is C=CC1CC(C=C=CC2CC(C=C)C(CCCCCCNCc3ccc(O)c4ncccc34)C2)CC1CCCCCCCCC.[CH3-].[Zn]. The summed E-state index contributed by atoms with van der Waals surface area (Å²) in [6.45, 7) is 12.5. The third-order valence-corrected chi connectivity index (χ3v) is 10.9. The molecule has 1 aromatic heterocycles. The molecular weight excluding hydrogens is 626 g/mol. The molecule has 1 aromatic carbocycles. The first-order chi connectivity index (χ1) is 22.1. The minimum atomic E-state index is 0. The summed E-state index contributed by atoms with van der Waals surface area (Å²) >= 11 is 0. The van der Waals surface area contributed by atoms with Gasteiger partial charge in [-0.15, -0.1) is 18.9 Å². The van der Waals surface area contributed by atoms with E-state index in [1.807, 2.05) is 18.2 Å². The van der Waals surface area contributed by atoms with Crippen molar-refractivity contribution in [1.82, 2.24) is 10.3 Å². The Kier molecular flexibility index (Phi) is 20.5. The van der Waals surface area contributed by atoms with E-state index in [0.29, 0.717) is 29.2 Å². The molecule has 0 spiro atoms. The van der Waals surface area contributed by atoms with Crippen molar-refractivity contribution in [2.45, 2.75) is 123 Å². The van der Waals surface area contributed by atoms with E-state index in [9.17, 15) is 5.11 Å². The van der Waals surface area contributed by atoms with Crippen LogP contribution >= 0.6 is 0 Å². The third-order valence-electron chi connectivity index (χ3n) is 10.9. The Bertz CT molecular complexity index is 1230. The van der Waals surface area contributed by atoms with Gasteiger partial charge in [0, 0.05) is 37.6 Å². The number of unbranched alkanes of at least 4 members (excludes halogenated alkanes) is 9. The fourth-order valence-corrected chi connectivity index (χ4v) is 8.21. The van der Waals surface area contributed by atoms with Crippen molar-refractivity contribution in [3.63, 3.8) is 0 Å². The molecule has 4 rings (SSSR count). The van der Waals surface area contributed by atoms with Gasteiger partial charge in [0.15, 0.2) is 0 Å². The van der Waals surface area contributed by atoms with Crippen LogP contribution in [0.2, 0.25) is 0 Å². The maximum atomic E-state index is 10.1. The van der Waals surface area contributed by atoms with Crippen LogP contribution in [-0.2, 0) is 26.0 Å². The Hall–Kier alpha value is -1.99. The van der Waals surface area contributed by atoms with Crippen molar-refractivity contribution in [3.05, 3.63) is 86.6 Å². The minimum absolute atomic E-state index is 0. The van der Waals surface area contributed by atoms with E-state index in [1.165, 1.54) is 115 Å². The number of hydrogen-bond acceptors (Lipinski definition) is 3. The molecule has 0 amide bonds. The Morgan fingerprint density at radius 2 is 1.38 bits per heavy atom.